The molecule has 0 aromatic heterocycles. The number of amides is 1. The third-order valence-electron chi connectivity index (χ3n) is 4.43. The molecule has 0 bridgehead atoms. The van der Waals surface area contributed by atoms with Crippen LogP contribution >= 0.6 is 15.9 Å². The van der Waals surface area contributed by atoms with E-state index in [0.717, 1.165) is 15.6 Å². The molecule has 0 N–H and O–H groups in total. The SMILES string of the molecule is Cc1ccc(C2=N/C(=C/c3ccccc3F)C(=O)N2c2cccc(Br)c2)cc1. The van der Waals surface area contributed by atoms with E-state index >= 15 is 0 Å². The van der Waals surface area contributed by atoms with Crippen molar-refractivity contribution in [2.24, 2.45) is 4.99 Å². The van der Waals surface area contributed by atoms with Gasteiger partial charge in [0.15, 0.2) is 0 Å². The van der Waals surface area contributed by atoms with Crippen LogP contribution in [0.3, 0.4) is 0 Å². The Hall–Kier alpha value is -3.05. The van der Waals surface area contributed by atoms with E-state index in [1.54, 1.807) is 23.1 Å². The highest BCUT2D eigenvalue weighted by atomic mass is 79.9. The average molecular weight is 435 g/mol. The Morgan fingerprint density at radius 3 is 2.46 bits per heavy atom. The fraction of sp³-hybridized carbons (Fsp3) is 0.0435. The maximum atomic E-state index is 14.1. The van der Waals surface area contributed by atoms with Gasteiger partial charge in [-0.1, -0.05) is 70.0 Å². The molecule has 1 amide bonds. The van der Waals surface area contributed by atoms with Crippen LogP contribution in [0.4, 0.5) is 10.1 Å². The molecule has 4 rings (SSSR count). The fourth-order valence-corrected chi connectivity index (χ4v) is 3.39. The predicted octanol–water partition coefficient (Wildman–Crippen LogP) is 5.73. The summed E-state index contributed by atoms with van der Waals surface area (Å²) in [7, 11) is 0. The van der Waals surface area contributed by atoms with Gasteiger partial charge < -0.3 is 0 Å². The average Bonchev–Trinajstić information content (AvgIpc) is 3.00. The third kappa shape index (κ3) is 3.53. The number of benzene rings is 3. The summed E-state index contributed by atoms with van der Waals surface area (Å²) in [5.74, 6) is -0.168. The third-order valence-corrected chi connectivity index (χ3v) is 4.93. The van der Waals surface area contributed by atoms with Crippen LogP contribution in [0.2, 0.25) is 0 Å². The van der Waals surface area contributed by atoms with Gasteiger partial charge in [-0.05, 0) is 37.3 Å². The van der Waals surface area contributed by atoms with Crippen LogP contribution in [0.15, 0.2) is 88.0 Å². The number of anilines is 1. The van der Waals surface area contributed by atoms with E-state index < -0.39 is 5.82 Å². The second kappa shape index (κ2) is 7.52. The number of aliphatic imine (C=N–C) groups is 1. The van der Waals surface area contributed by atoms with Crippen molar-refractivity contribution < 1.29 is 9.18 Å². The van der Waals surface area contributed by atoms with E-state index in [2.05, 4.69) is 20.9 Å². The first-order valence-corrected chi connectivity index (χ1v) is 9.54. The monoisotopic (exact) mass is 434 g/mol. The zero-order valence-corrected chi connectivity index (χ0v) is 16.7. The van der Waals surface area contributed by atoms with Crippen molar-refractivity contribution in [3.05, 3.63) is 105 Å². The number of halogens is 2. The molecule has 0 saturated carbocycles. The van der Waals surface area contributed by atoms with Gasteiger partial charge in [-0.15, -0.1) is 0 Å². The number of hydrogen-bond donors (Lipinski definition) is 0. The lowest BCUT2D eigenvalue weighted by atomic mass is 10.1. The van der Waals surface area contributed by atoms with Crippen molar-refractivity contribution in [3.63, 3.8) is 0 Å². The molecule has 0 atom stereocenters. The lowest BCUT2D eigenvalue weighted by Gasteiger charge is -2.19. The minimum atomic E-state index is -0.393. The van der Waals surface area contributed by atoms with Crippen molar-refractivity contribution >= 4 is 39.4 Å². The maximum Gasteiger partial charge on any atom is 0.282 e. The van der Waals surface area contributed by atoms with Crippen molar-refractivity contribution in [2.45, 2.75) is 6.92 Å². The molecule has 0 spiro atoms. The molecular weight excluding hydrogens is 419 g/mol. The molecule has 0 fully saturated rings. The molecule has 0 aliphatic carbocycles. The Morgan fingerprint density at radius 2 is 1.75 bits per heavy atom. The standard InChI is InChI=1S/C23H16BrFN2O/c1-15-9-11-16(12-10-15)22-26-21(13-17-5-2-3-8-20(17)25)23(28)27(22)19-7-4-6-18(24)14-19/h2-14H,1H3/b21-13+. The highest BCUT2D eigenvalue weighted by Gasteiger charge is 2.32. The van der Waals surface area contributed by atoms with Gasteiger partial charge in [-0.3, -0.25) is 9.69 Å². The molecule has 5 heteroatoms. The van der Waals surface area contributed by atoms with E-state index in [9.17, 15) is 9.18 Å². The Bertz CT molecular complexity index is 1120. The normalized spacial score (nSPS) is 15.2. The van der Waals surface area contributed by atoms with E-state index in [-0.39, 0.29) is 11.6 Å². The second-order valence-electron chi connectivity index (χ2n) is 6.47. The van der Waals surface area contributed by atoms with Gasteiger partial charge in [-0.25, -0.2) is 9.38 Å². The molecule has 3 aromatic carbocycles. The number of aryl methyl sites for hydroxylation is 1. The fourth-order valence-electron chi connectivity index (χ4n) is 3.01. The Kier molecular flexibility index (Phi) is 4.92. The molecule has 3 nitrogen and oxygen atoms in total. The molecule has 28 heavy (non-hydrogen) atoms. The number of amidine groups is 1. The van der Waals surface area contributed by atoms with Gasteiger partial charge in [-0.2, -0.15) is 0 Å². The summed E-state index contributed by atoms with van der Waals surface area (Å²) >= 11 is 3.45. The molecule has 1 aliphatic rings. The predicted molar refractivity (Wildman–Crippen MR) is 114 cm³/mol. The first-order chi connectivity index (χ1) is 13.5. The highest BCUT2D eigenvalue weighted by molar-refractivity contribution is 9.10. The van der Waals surface area contributed by atoms with Crippen LogP contribution in [-0.4, -0.2) is 11.7 Å². The van der Waals surface area contributed by atoms with Crippen LogP contribution in [0, 0.1) is 12.7 Å². The van der Waals surface area contributed by atoms with Crippen molar-refractivity contribution in [2.75, 3.05) is 4.90 Å². The summed E-state index contributed by atoms with van der Waals surface area (Å²) in [5.41, 5.74) is 3.14. The quantitative estimate of drug-likeness (QED) is 0.484. The molecule has 3 aromatic rings. The first-order valence-electron chi connectivity index (χ1n) is 8.75. The second-order valence-corrected chi connectivity index (χ2v) is 7.39. The van der Waals surface area contributed by atoms with Crippen LogP contribution in [0.25, 0.3) is 6.08 Å². The summed E-state index contributed by atoms with van der Waals surface area (Å²) in [6.45, 7) is 2.00. The molecular formula is C23H16BrFN2O. The molecule has 0 saturated heterocycles. The number of carbonyl (C=O) groups is 1. The summed E-state index contributed by atoms with van der Waals surface area (Å²) in [5, 5.41) is 0. The lowest BCUT2D eigenvalue weighted by Crippen LogP contribution is -2.32. The summed E-state index contributed by atoms with van der Waals surface area (Å²) < 4.78 is 14.9. The minimum Gasteiger partial charge on any atom is -0.266 e. The summed E-state index contributed by atoms with van der Waals surface area (Å²) in [6.07, 6.45) is 1.49. The number of hydrogen-bond acceptors (Lipinski definition) is 2. The molecule has 1 aliphatic heterocycles. The number of rotatable bonds is 3. The Labute approximate surface area is 171 Å². The number of carbonyl (C=O) groups excluding carboxylic acids is 1. The minimum absolute atomic E-state index is 0.195. The van der Waals surface area contributed by atoms with Crippen LogP contribution in [0.1, 0.15) is 16.7 Å². The van der Waals surface area contributed by atoms with Crippen LogP contribution in [0.5, 0.6) is 0 Å². The van der Waals surface area contributed by atoms with E-state index in [0.29, 0.717) is 17.1 Å². The van der Waals surface area contributed by atoms with Crippen molar-refractivity contribution in [1.29, 1.82) is 0 Å². The topological polar surface area (TPSA) is 32.7 Å². The van der Waals surface area contributed by atoms with Gasteiger partial charge in [0.05, 0.1) is 5.69 Å². The van der Waals surface area contributed by atoms with Crippen molar-refractivity contribution in [1.82, 2.24) is 0 Å². The smallest absolute Gasteiger partial charge is 0.266 e. The summed E-state index contributed by atoms with van der Waals surface area (Å²) in [4.78, 5) is 19.3. The van der Waals surface area contributed by atoms with Gasteiger partial charge >= 0.3 is 0 Å². The van der Waals surface area contributed by atoms with E-state index in [1.807, 2.05) is 55.5 Å². The Balaban J connectivity index is 1.85. The van der Waals surface area contributed by atoms with Crippen molar-refractivity contribution in [3.8, 4) is 0 Å². The van der Waals surface area contributed by atoms with Gasteiger partial charge in [0.2, 0.25) is 0 Å². The van der Waals surface area contributed by atoms with Crippen LogP contribution in [-0.2, 0) is 4.79 Å². The zero-order chi connectivity index (χ0) is 19.7. The Morgan fingerprint density at radius 1 is 1.00 bits per heavy atom. The zero-order valence-electron chi connectivity index (χ0n) is 15.1. The molecule has 0 unspecified atom stereocenters. The molecule has 1 heterocycles. The first kappa shape index (κ1) is 18.3. The number of nitrogens with zero attached hydrogens (tertiary/aromatic N) is 2. The van der Waals surface area contributed by atoms with E-state index in [4.69, 9.17) is 0 Å². The van der Waals surface area contributed by atoms with Gasteiger partial charge in [0.1, 0.15) is 17.3 Å². The van der Waals surface area contributed by atoms with E-state index in [1.165, 1.54) is 12.1 Å². The highest BCUT2D eigenvalue weighted by Crippen LogP contribution is 2.30. The summed E-state index contributed by atoms with van der Waals surface area (Å²) in [6, 6.07) is 21.6. The molecule has 0 radical (unpaired) electrons. The van der Waals surface area contributed by atoms with Gasteiger partial charge in [0.25, 0.3) is 5.91 Å². The van der Waals surface area contributed by atoms with Gasteiger partial charge in [0, 0.05) is 15.6 Å². The van der Waals surface area contributed by atoms with Crippen LogP contribution < -0.4 is 4.90 Å². The molecule has 138 valence electrons. The maximum absolute atomic E-state index is 14.1. The largest absolute Gasteiger partial charge is 0.282 e. The lowest BCUT2D eigenvalue weighted by molar-refractivity contribution is -0.113.